The summed E-state index contributed by atoms with van der Waals surface area (Å²) in [5.74, 6) is 0.899. The van der Waals surface area contributed by atoms with Crippen LogP contribution in [0.25, 0.3) is 6.08 Å². The number of nitrogens with one attached hydrogen (secondary N) is 1. The molecule has 0 atom stereocenters. The minimum Gasteiger partial charge on any atom is -0.493 e. The number of likely N-dealkylation sites (N-methyl/N-ethyl adjacent to an activating group) is 1. The van der Waals surface area contributed by atoms with E-state index in [9.17, 15) is 4.79 Å². The number of halogens is 3. The molecular formula is C20H17BrCl2N2O3S. The van der Waals surface area contributed by atoms with Crippen LogP contribution in [0.4, 0.5) is 0 Å². The molecule has 9 heteroatoms. The van der Waals surface area contributed by atoms with E-state index >= 15 is 0 Å². The zero-order valence-corrected chi connectivity index (χ0v) is 19.5. The van der Waals surface area contributed by atoms with Crippen molar-refractivity contribution < 1.29 is 14.3 Å². The number of methoxy groups -OCH3 is 1. The fraction of sp³-hybridized carbons (Fsp3) is 0.200. The van der Waals surface area contributed by atoms with E-state index in [1.165, 1.54) is 4.90 Å². The van der Waals surface area contributed by atoms with Crippen LogP contribution in [0.2, 0.25) is 10.0 Å². The number of nitrogens with zero attached hydrogens (tertiary/aromatic N) is 1. The van der Waals surface area contributed by atoms with Gasteiger partial charge in [-0.3, -0.25) is 9.69 Å². The minimum absolute atomic E-state index is 0.160. The standard InChI is InChI=1S/C20H17BrCl2N2O3S/c1-3-25-19(26)16(24-20(25)29)8-12-6-13(21)18(17(9-12)27-2)28-10-11-4-5-14(22)15(23)7-11/h4-9H,3,10H2,1-2H3,(H,24,29)/b16-8-. The molecule has 1 aliphatic rings. The first-order chi connectivity index (χ1) is 13.8. The molecule has 3 rings (SSSR count). The summed E-state index contributed by atoms with van der Waals surface area (Å²) in [5, 5.41) is 4.29. The van der Waals surface area contributed by atoms with Crippen molar-refractivity contribution in [3.05, 3.63) is 61.7 Å². The number of carbonyl (C=O) groups excluding carboxylic acids is 1. The lowest BCUT2D eigenvalue weighted by molar-refractivity contribution is -0.122. The third kappa shape index (κ3) is 4.86. The molecule has 1 saturated heterocycles. The fourth-order valence-electron chi connectivity index (χ4n) is 2.77. The molecule has 1 amide bonds. The van der Waals surface area contributed by atoms with Gasteiger partial charge < -0.3 is 14.8 Å². The number of hydrogen-bond donors (Lipinski definition) is 1. The third-order valence-electron chi connectivity index (χ3n) is 4.21. The highest BCUT2D eigenvalue weighted by Gasteiger charge is 2.29. The Bertz CT molecular complexity index is 1010. The lowest BCUT2D eigenvalue weighted by Gasteiger charge is -2.14. The molecule has 29 heavy (non-hydrogen) atoms. The van der Waals surface area contributed by atoms with Gasteiger partial charge in [0.05, 0.1) is 21.6 Å². The fourth-order valence-corrected chi connectivity index (χ4v) is 3.99. The molecule has 152 valence electrons. The Balaban J connectivity index is 1.84. The number of hydrogen-bond acceptors (Lipinski definition) is 4. The van der Waals surface area contributed by atoms with E-state index in [1.54, 1.807) is 31.4 Å². The topological polar surface area (TPSA) is 50.8 Å². The second-order valence-electron chi connectivity index (χ2n) is 6.11. The first kappa shape index (κ1) is 21.9. The molecule has 0 radical (unpaired) electrons. The smallest absolute Gasteiger partial charge is 0.276 e. The summed E-state index contributed by atoms with van der Waals surface area (Å²) >= 11 is 20.7. The zero-order chi connectivity index (χ0) is 21.1. The molecular weight excluding hydrogens is 499 g/mol. The highest BCUT2D eigenvalue weighted by Crippen LogP contribution is 2.38. The molecule has 0 unspecified atom stereocenters. The number of benzene rings is 2. The predicted molar refractivity (Wildman–Crippen MR) is 123 cm³/mol. The van der Waals surface area contributed by atoms with Crippen molar-refractivity contribution in [3.63, 3.8) is 0 Å². The summed E-state index contributed by atoms with van der Waals surface area (Å²) in [6, 6.07) is 8.94. The second kappa shape index (κ2) is 9.34. The molecule has 5 nitrogen and oxygen atoms in total. The first-order valence-corrected chi connectivity index (χ1v) is 10.6. The molecule has 1 fully saturated rings. The van der Waals surface area contributed by atoms with Crippen LogP contribution in [0.15, 0.2) is 40.5 Å². The van der Waals surface area contributed by atoms with Crippen LogP contribution in [0.5, 0.6) is 11.5 Å². The number of amides is 1. The molecule has 2 aromatic rings. The van der Waals surface area contributed by atoms with Crippen molar-refractivity contribution >= 4 is 68.4 Å². The van der Waals surface area contributed by atoms with Gasteiger partial charge in [0.1, 0.15) is 12.3 Å². The van der Waals surface area contributed by atoms with Gasteiger partial charge in [-0.1, -0.05) is 29.3 Å². The van der Waals surface area contributed by atoms with E-state index in [0.29, 0.717) is 43.4 Å². The van der Waals surface area contributed by atoms with Crippen LogP contribution in [-0.2, 0) is 11.4 Å². The van der Waals surface area contributed by atoms with E-state index < -0.39 is 0 Å². The van der Waals surface area contributed by atoms with Crippen LogP contribution in [0, 0.1) is 0 Å². The lowest BCUT2D eigenvalue weighted by atomic mass is 10.1. The van der Waals surface area contributed by atoms with Gasteiger partial charge in [-0.2, -0.15) is 0 Å². The Kier molecular flexibility index (Phi) is 7.05. The monoisotopic (exact) mass is 514 g/mol. The molecule has 0 saturated carbocycles. The number of carbonyl (C=O) groups is 1. The van der Waals surface area contributed by atoms with Crippen molar-refractivity contribution in [1.82, 2.24) is 10.2 Å². The van der Waals surface area contributed by atoms with Crippen LogP contribution in [-0.4, -0.2) is 29.6 Å². The highest BCUT2D eigenvalue weighted by molar-refractivity contribution is 9.10. The summed E-state index contributed by atoms with van der Waals surface area (Å²) in [5.41, 5.74) is 2.04. The molecule has 0 aromatic heterocycles. The van der Waals surface area contributed by atoms with Gasteiger partial charge in [-0.05, 0) is 76.5 Å². The predicted octanol–water partition coefficient (Wildman–Crippen LogP) is 5.42. The van der Waals surface area contributed by atoms with Gasteiger partial charge in [0.15, 0.2) is 16.6 Å². The van der Waals surface area contributed by atoms with E-state index in [1.807, 2.05) is 19.1 Å². The van der Waals surface area contributed by atoms with Gasteiger partial charge in [0, 0.05) is 6.54 Å². The van der Waals surface area contributed by atoms with Gasteiger partial charge in [0.2, 0.25) is 0 Å². The van der Waals surface area contributed by atoms with Gasteiger partial charge >= 0.3 is 0 Å². The summed E-state index contributed by atoms with van der Waals surface area (Å²) in [6.07, 6.45) is 1.72. The van der Waals surface area contributed by atoms with Gasteiger partial charge in [-0.25, -0.2) is 0 Å². The van der Waals surface area contributed by atoms with Crippen molar-refractivity contribution in [3.8, 4) is 11.5 Å². The Morgan fingerprint density at radius 2 is 2.00 bits per heavy atom. The molecule has 1 heterocycles. The molecule has 1 aliphatic heterocycles. The normalized spacial score (nSPS) is 15.1. The van der Waals surface area contributed by atoms with Crippen molar-refractivity contribution in [1.29, 1.82) is 0 Å². The highest BCUT2D eigenvalue weighted by atomic mass is 79.9. The van der Waals surface area contributed by atoms with E-state index in [4.69, 9.17) is 44.9 Å². The SMILES string of the molecule is CCN1C(=O)/C(=C/c2cc(Br)c(OCc3ccc(Cl)c(Cl)c3)c(OC)c2)NC1=S. The number of rotatable bonds is 6. The van der Waals surface area contributed by atoms with Crippen LogP contribution < -0.4 is 14.8 Å². The molecule has 0 spiro atoms. The summed E-state index contributed by atoms with van der Waals surface area (Å²) in [6.45, 7) is 2.66. The Hall–Kier alpha value is -1.80. The number of ether oxygens (including phenoxy) is 2. The van der Waals surface area contributed by atoms with Crippen LogP contribution >= 0.6 is 51.3 Å². The molecule has 0 bridgehead atoms. The number of thiocarbonyl (C=S) groups is 1. The lowest BCUT2D eigenvalue weighted by Crippen LogP contribution is -2.30. The average Bonchev–Trinajstić information content (AvgIpc) is 2.95. The third-order valence-corrected chi connectivity index (χ3v) is 5.86. The summed E-state index contributed by atoms with van der Waals surface area (Å²) in [7, 11) is 1.55. The molecule has 1 N–H and O–H groups in total. The minimum atomic E-state index is -0.160. The van der Waals surface area contributed by atoms with Crippen LogP contribution in [0.1, 0.15) is 18.1 Å². The molecule has 2 aromatic carbocycles. The average molecular weight is 516 g/mol. The molecule has 0 aliphatic carbocycles. The maximum absolute atomic E-state index is 12.4. The maximum Gasteiger partial charge on any atom is 0.276 e. The van der Waals surface area contributed by atoms with Gasteiger partial charge in [0.25, 0.3) is 5.91 Å². The van der Waals surface area contributed by atoms with E-state index in [2.05, 4.69) is 21.2 Å². The first-order valence-electron chi connectivity index (χ1n) is 8.62. The van der Waals surface area contributed by atoms with E-state index in [-0.39, 0.29) is 12.5 Å². The Labute approximate surface area is 192 Å². The van der Waals surface area contributed by atoms with Gasteiger partial charge in [-0.15, -0.1) is 0 Å². The Morgan fingerprint density at radius 1 is 1.24 bits per heavy atom. The summed E-state index contributed by atoms with van der Waals surface area (Å²) < 4.78 is 12.1. The van der Waals surface area contributed by atoms with Crippen molar-refractivity contribution in [2.24, 2.45) is 0 Å². The Morgan fingerprint density at radius 3 is 2.62 bits per heavy atom. The second-order valence-corrected chi connectivity index (χ2v) is 8.16. The maximum atomic E-state index is 12.4. The zero-order valence-electron chi connectivity index (χ0n) is 15.6. The summed E-state index contributed by atoms with van der Waals surface area (Å²) in [4.78, 5) is 13.9. The van der Waals surface area contributed by atoms with Crippen molar-refractivity contribution in [2.45, 2.75) is 13.5 Å². The largest absolute Gasteiger partial charge is 0.493 e. The quantitative estimate of drug-likeness (QED) is 0.411. The van der Waals surface area contributed by atoms with Crippen molar-refractivity contribution in [2.75, 3.05) is 13.7 Å². The van der Waals surface area contributed by atoms with Crippen LogP contribution in [0.3, 0.4) is 0 Å². The van der Waals surface area contributed by atoms with E-state index in [0.717, 1.165) is 11.1 Å².